The average molecular weight is 363 g/mol. The highest BCUT2D eigenvalue weighted by Gasteiger charge is 2.32. The van der Waals surface area contributed by atoms with Crippen molar-refractivity contribution in [3.05, 3.63) is 0 Å². The Morgan fingerprint density at radius 2 is 1.56 bits per heavy atom. The summed E-state index contributed by atoms with van der Waals surface area (Å²) >= 11 is 0. The predicted octanol–water partition coefficient (Wildman–Crippen LogP) is 0.675. The molecule has 7 nitrogen and oxygen atoms in total. The third-order valence-electron chi connectivity index (χ3n) is 4.49. The van der Waals surface area contributed by atoms with Crippen molar-refractivity contribution >= 4 is 5.91 Å². The smallest absolute Gasteiger partial charge is 0.222 e. The maximum absolute atomic E-state index is 12.1. The molecule has 150 valence electrons. The molecule has 0 aromatic carbocycles. The van der Waals surface area contributed by atoms with Crippen molar-refractivity contribution in [2.24, 2.45) is 0 Å². The number of unbranched alkanes of at least 4 members (excludes halogenated alkanes) is 6. The van der Waals surface area contributed by atoms with Crippen molar-refractivity contribution < 1.29 is 30.0 Å². The summed E-state index contributed by atoms with van der Waals surface area (Å²) in [4.78, 5) is 13.4. The van der Waals surface area contributed by atoms with E-state index in [-0.39, 0.29) is 12.5 Å². The van der Waals surface area contributed by atoms with Gasteiger partial charge in [-0.2, -0.15) is 0 Å². The first kappa shape index (κ1) is 24.3. The highest BCUT2D eigenvalue weighted by atomic mass is 16.5. The highest BCUT2D eigenvalue weighted by molar-refractivity contribution is 5.75. The third kappa shape index (κ3) is 10.1. The molecule has 0 aromatic heterocycles. The lowest BCUT2D eigenvalue weighted by Crippen LogP contribution is -2.50. The summed E-state index contributed by atoms with van der Waals surface area (Å²) in [5.41, 5.74) is 0. The van der Waals surface area contributed by atoms with Gasteiger partial charge in [0.15, 0.2) is 0 Å². The van der Waals surface area contributed by atoms with Crippen molar-refractivity contribution in [3.8, 4) is 0 Å². The van der Waals surface area contributed by atoms with Gasteiger partial charge >= 0.3 is 0 Å². The Kier molecular flexibility index (Phi) is 14.0. The molecule has 0 spiro atoms. The number of methoxy groups -OCH3 is 1. The first-order chi connectivity index (χ1) is 11.9. The van der Waals surface area contributed by atoms with Crippen LogP contribution in [0.3, 0.4) is 0 Å². The lowest BCUT2D eigenvalue weighted by Gasteiger charge is -2.29. The van der Waals surface area contributed by atoms with Crippen LogP contribution in [-0.4, -0.2) is 83.0 Å². The molecular formula is C18H37NO6. The SMILES string of the molecule is CCCCCCCCCC(=O)N(C)C[C@H](O)[C@@H](O)[C@H](O)[C@@H](CO)OC. The Morgan fingerprint density at radius 1 is 1.00 bits per heavy atom. The highest BCUT2D eigenvalue weighted by Crippen LogP contribution is 2.11. The lowest BCUT2D eigenvalue weighted by atomic mass is 10.0. The number of likely N-dealkylation sites (N-methyl/N-ethyl adjacent to an activating group) is 1. The summed E-state index contributed by atoms with van der Waals surface area (Å²) in [6.45, 7) is 1.61. The molecule has 0 bridgehead atoms. The molecule has 4 atom stereocenters. The fourth-order valence-electron chi connectivity index (χ4n) is 2.68. The molecule has 0 saturated heterocycles. The molecule has 0 rings (SSSR count). The van der Waals surface area contributed by atoms with Gasteiger partial charge in [0.05, 0.1) is 6.61 Å². The number of carbonyl (C=O) groups is 1. The summed E-state index contributed by atoms with van der Waals surface area (Å²) in [6, 6.07) is 0. The zero-order valence-corrected chi connectivity index (χ0v) is 15.9. The Labute approximate surface area is 151 Å². The van der Waals surface area contributed by atoms with Crippen LogP contribution in [0.5, 0.6) is 0 Å². The molecule has 4 N–H and O–H groups in total. The molecule has 25 heavy (non-hydrogen) atoms. The van der Waals surface area contributed by atoms with E-state index in [2.05, 4.69) is 6.92 Å². The number of hydrogen-bond acceptors (Lipinski definition) is 6. The van der Waals surface area contributed by atoms with Crippen LogP contribution >= 0.6 is 0 Å². The number of amides is 1. The number of aliphatic hydroxyl groups excluding tert-OH is 4. The van der Waals surface area contributed by atoms with E-state index in [9.17, 15) is 20.1 Å². The van der Waals surface area contributed by atoms with Gasteiger partial charge in [0.25, 0.3) is 0 Å². The Bertz CT molecular complexity index is 338. The van der Waals surface area contributed by atoms with Gasteiger partial charge in [0.1, 0.15) is 24.4 Å². The van der Waals surface area contributed by atoms with E-state index in [4.69, 9.17) is 9.84 Å². The molecule has 0 aliphatic heterocycles. The second-order valence-electron chi connectivity index (χ2n) is 6.65. The van der Waals surface area contributed by atoms with Crippen molar-refractivity contribution in [1.82, 2.24) is 4.90 Å². The fraction of sp³-hybridized carbons (Fsp3) is 0.944. The van der Waals surface area contributed by atoms with Crippen LogP contribution in [0, 0.1) is 0 Å². The van der Waals surface area contributed by atoms with Gasteiger partial charge in [-0.1, -0.05) is 45.4 Å². The number of aliphatic hydroxyl groups is 4. The second-order valence-corrected chi connectivity index (χ2v) is 6.65. The quantitative estimate of drug-likeness (QED) is 0.318. The maximum atomic E-state index is 12.1. The van der Waals surface area contributed by atoms with E-state index in [1.165, 1.54) is 37.7 Å². The van der Waals surface area contributed by atoms with E-state index in [1.807, 2.05) is 0 Å². The van der Waals surface area contributed by atoms with Gasteiger partial charge in [0, 0.05) is 27.1 Å². The second kappa shape index (κ2) is 14.4. The van der Waals surface area contributed by atoms with Gasteiger partial charge in [-0.05, 0) is 6.42 Å². The minimum absolute atomic E-state index is 0.0879. The molecule has 0 fully saturated rings. The van der Waals surface area contributed by atoms with Gasteiger partial charge < -0.3 is 30.1 Å². The monoisotopic (exact) mass is 363 g/mol. The summed E-state index contributed by atoms with van der Waals surface area (Å²) in [6.07, 6.45) is 3.04. The number of nitrogens with zero attached hydrogens (tertiary/aromatic N) is 1. The summed E-state index contributed by atoms with van der Waals surface area (Å²) in [7, 11) is 2.85. The van der Waals surface area contributed by atoms with E-state index < -0.39 is 31.0 Å². The van der Waals surface area contributed by atoms with Crippen molar-refractivity contribution in [1.29, 1.82) is 0 Å². The Morgan fingerprint density at radius 3 is 2.08 bits per heavy atom. The molecule has 7 heteroatoms. The van der Waals surface area contributed by atoms with E-state index >= 15 is 0 Å². The van der Waals surface area contributed by atoms with Gasteiger partial charge in [-0.15, -0.1) is 0 Å². The average Bonchev–Trinajstić information content (AvgIpc) is 2.60. The summed E-state index contributed by atoms with van der Waals surface area (Å²) in [5.74, 6) is -0.0975. The summed E-state index contributed by atoms with van der Waals surface area (Å²) in [5, 5.41) is 38.8. The van der Waals surface area contributed by atoms with E-state index in [1.54, 1.807) is 7.05 Å². The van der Waals surface area contributed by atoms with Crippen LogP contribution in [0.1, 0.15) is 58.3 Å². The molecule has 0 saturated carbocycles. The largest absolute Gasteiger partial charge is 0.394 e. The molecule has 0 heterocycles. The number of carbonyl (C=O) groups excluding carboxylic acids is 1. The molecule has 0 unspecified atom stereocenters. The van der Waals surface area contributed by atoms with Crippen LogP contribution in [0.15, 0.2) is 0 Å². The normalized spacial score (nSPS) is 16.3. The lowest BCUT2D eigenvalue weighted by molar-refractivity contribution is -0.140. The van der Waals surface area contributed by atoms with E-state index in [0.717, 1.165) is 19.3 Å². The zero-order chi connectivity index (χ0) is 19.2. The van der Waals surface area contributed by atoms with Crippen molar-refractivity contribution in [3.63, 3.8) is 0 Å². The number of rotatable bonds is 15. The first-order valence-electron chi connectivity index (χ1n) is 9.30. The number of hydrogen-bond donors (Lipinski definition) is 4. The van der Waals surface area contributed by atoms with Gasteiger partial charge in [-0.3, -0.25) is 4.79 Å². The first-order valence-corrected chi connectivity index (χ1v) is 9.30. The van der Waals surface area contributed by atoms with Crippen LogP contribution < -0.4 is 0 Å². The van der Waals surface area contributed by atoms with Crippen LogP contribution in [-0.2, 0) is 9.53 Å². The Balaban J connectivity index is 4.08. The molecule has 0 aliphatic rings. The van der Waals surface area contributed by atoms with Crippen LogP contribution in [0.2, 0.25) is 0 Å². The van der Waals surface area contributed by atoms with Crippen LogP contribution in [0.4, 0.5) is 0 Å². The minimum atomic E-state index is -1.51. The third-order valence-corrected chi connectivity index (χ3v) is 4.49. The van der Waals surface area contributed by atoms with Gasteiger partial charge in [-0.25, -0.2) is 0 Å². The summed E-state index contributed by atoms with van der Waals surface area (Å²) < 4.78 is 4.83. The van der Waals surface area contributed by atoms with Crippen molar-refractivity contribution in [2.45, 2.75) is 82.7 Å². The standard InChI is InChI=1S/C18H37NO6/c1-4-5-6-7-8-9-10-11-16(22)19(2)12-14(21)17(23)18(24)15(13-20)25-3/h14-15,17-18,20-21,23-24H,4-13H2,1-3H3/t14-,15+,17+,18+/m0/s1. The molecule has 1 amide bonds. The molecule has 0 aliphatic carbocycles. The minimum Gasteiger partial charge on any atom is -0.394 e. The molecule has 0 radical (unpaired) electrons. The Hall–Kier alpha value is -0.730. The van der Waals surface area contributed by atoms with E-state index in [0.29, 0.717) is 6.42 Å². The fourth-order valence-corrected chi connectivity index (χ4v) is 2.68. The molecule has 0 aromatic rings. The topological polar surface area (TPSA) is 110 Å². The predicted molar refractivity (Wildman–Crippen MR) is 96.2 cm³/mol. The zero-order valence-electron chi connectivity index (χ0n) is 15.9. The molecular weight excluding hydrogens is 326 g/mol. The number of ether oxygens (including phenoxy) is 1. The maximum Gasteiger partial charge on any atom is 0.222 e. The van der Waals surface area contributed by atoms with Crippen molar-refractivity contribution in [2.75, 3.05) is 27.3 Å². The van der Waals surface area contributed by atoms with Crippen LogP contribution in [0.25, 0.3) is 0 Å². The van der Waals surface area contributed by atoms with Gasteiger partial charge in [0.2, 0.25) is 5.91 Å².